The predicted octanol–water partition coefficient (Wildman–Crippen LogP) is 0.901. The molecule has 22 heavy (non-hydrogen) atoms. The van der Waals surface area contributed by atoms with Gasteiger partial charge in [-0.3, -0.25) is 9.29 Å². The van der Waals surface area contributed by atoms with Gasteiger partial charge in [0.15, 0.2) is 0 Å². The molecule has 0 spiro atoms. The third-order valence-electron chi connectivity index (χ3n) is 3.82. The molecular formula is C15H23FN2O3S. The fraction of sp³-hybridized carbons (Fsp3) is 0.600. The summed E-state index contributed by atoms with van der Waals surface area (Å²) in [6, 6.07) is 9.82. The van der Waals surface area contributed by atoms with Crippen LogP contribution in [0.25, 0.3) is 0 Å². The number of aliphatic hydroxyl groups excluding tert-OH is 1. The normalized spacial score (nSPS) is 23.0. The highest BCUT2D eigenvalue weighted by Gasteiger charge is 2.31. The van der Waals surface area contributed by atoms with Crippen LogP contribution >= 0.6 is 0 Å². The van der Waals surface area contributed by atoms with E-state index in [-0.39, 0.29) is 24.8 Å². The lowest BCUT2D eigenvalue weighted by Crippen LogP contribution is -2.40. The molecule has 7 heteroatoms. The zero-order valence-corrected chi connectivity index (χ0v) is 13.3. The highest BCUT2D eigenvalue weighted by Crippen LogP contribution is 2.20. The second-order valence-corrected chi connectivity index (χ2v) is 7.59. The van der Waals surface area contributed by atoms with Gasteiger partial charge < -0.3 is 5.11 Å². The lowest BCUT2D eigenvalue weighted by atomic mass is 10.2. The largest absolute Gasteiger partial charge is 0.392 e. The van der Waals surface area contributed by atoms with Gasteiger partial charge in [-0.25, -0.2) is 13.1 Å². The second kappa shape index (κ2) is 8.01. The molecule has 1 aliphatic heterocycles. The van der Waals surface area contributed by atoms with Gasteiger partial charge >= 0.3 is 0 Å². The van der Waals surface area contributed by atoms with Crippen LogP contribution < -0.4 is 4.72 Å². The van der Waals surface area contributed by atoms with Crippen LogP contribution in [0.5, 0.6) is 0 Å². The molecule has 1 saturated heterocycles. The maximum Gasteiger partial charge on any atom is 0.211 e. The fourth-order valence-electron chi connectivity index (χ4n) is 2.72. The SMILES string of the molecule is O=S(=O)(CCCF)NCC1CC(O)CN1Cc1ccccc1. The number of sulfonamides is 1. The third-order valence-corrected chi connectivity index (χ3v) is 5.25. The van der Waals surface area contributed by atoms with Gasteiger partial charge in [0.05, 0.1) is 18.5 Å². The molecule has 1 aliphatic rings. The average Bonchev–Trinajstić information content (AvgIpc) is 2.84. The first-order valence-electron chi connectivity index (χ1n) is 7.49. The average molecular weight is 330 g/mol. The van der Waals surface area contributed by atoms with Crippen LogP contribution in [0.2, 0.25) is 0 Å². The van der Waals surface area contributed by atoms with E-state index in [1.807, 2.05) is 30.3 Å². The first kappa shape index (κ1) is 17.3. The Balaban J connectivity index is 1.91. The minimum absolute atomic E-state index is 0.0103. The molecule has 1 aromatic rings. The van der Waals surface area contributed by atoms with Crippen LogP contribution in [0.4, 0.5) is 4.39 Å². The number of hydrogen-bond acceptors (Lipinski definition) is 4. The van der Waals surface area contributed by atoms with Crippen LogP contribution in [0.3, 0.4) is 0 Å². The van der Waals surface area contributed by atoms with Gasteiger partial charge in [-0.15, -0.1) is 0 Å². The van der Waals surface area contributed by atoms with Gasteiger partial charge in [-0.2, -0.15) is 0 Å². The van der Waals surface area contributed by atoms with Crippen LogP contribution in [0.1, 0.15) is 18.4 Å². The van der Waals surface area contributed by atoms with Gasteiger partial charge in [0.1, 0.15) is 0 Å². The zero-order valence-electron chi connectivity index (χ0n) is 12.5. The molecule has 2 N–H and O–H groups in total. The molecule has 0 saturated carbocycles. The van der Waals surface area contributed by atoms with Crippen LogP contribution in [-0.4, -0.2) is 56.1 Å². The molecule has 0 aromatic heterocycles. The molecule has 5 nitrogen and oxygen atoms in total. The van der Waals surface area contributed by atoms with Crippen molar-refractivity contribution in [1.29, 1.82) is 0 Å². The Bertz CT molecular complexity index is 553. The lowest BCUT2D eigenvalue weighted by Gasteiger charge is -2.24. The Hall–Kier alpha value is -1.02. The van der Waals surface area contributed by atoms with E-state index in [1.165, 1.54) is 0 Å². The minimum Gasteiger partial charge on any atom is -0.392 e. The summed E-state index contributed by atoms with van der Waals surface area (Å²) in [5.74, 6) is -0.197. The molecule has 124 valence electrons. The number of alkyl halides is 1. The number of benzene rings is 1. The van der Waals surface area contributed by atoms with Crippen molar-refractivity contribution in [3.63, 3.8) is 0 Å². The van der Waals surface area contributed by atoms with Crippen molar-refractivity contribution < 1.29 is 17.9 Å². The zero-order chi connectivity index (χ0) is 16.0. The molecule has 1 aromatic carbocycles. The molecule has 0 bridgehead atoms. The minimum atomic E-state index is -3.44. The third kappa shape index (κ3) is 5.31. The van der Waals surface area contributed by atoms with Crippen molar-refractivity contribution in [3.05, 3.63) is 35.9 Å². The van der Waals surface area contributed by atoms with Gasteiger partial charge in [0.25, 0.3) is 0 Å². The van der Waals surface area contributed by atoms with Gasteiger partial charge in [0, 0.05) is 25.7 Å². The van der Waals surface area contributed by atoms with Crippen molar-refractivity contribution in [2.75, 3.05) is 25.5 Å². The van der Waals surface area contributed by atoms with E-state index in [9.17, 15) is 17.9 Å². The predicted molar refractivity (Wildman–Crippen MR) is 83.6 cm³/mol. The van der Waals surface area contributed by atoms with Gasteiger partial charge in [-0.05, 0) is 18.4 Å². The van der Waals surface area contributed by atoms with Crippen LogP contribution in [0, 0.1) is 0 Å². The summed E-state index contributed by atoms with van der Waals surface area (Å²) in [7, 11) is -3.44. The first-order chi connectivity index (χ1) is 10.5. The van der Waals surface area contributed by atoms with E-state index in [0.717, 1.165) is 5.56 Å². The van der Waals surface area contributed by atoms with Crippen molar-refractivity contribution in [2.45, 2.75) is 31.5 Å². The summed E-state index contributed by atoms with van der Waals surface area (Å²) in [5, 5.41) is 9.85. The van der Waals surface area contributed by atoms with E-state index in [2.05, 4.69) is 9.62 Å². The maximum atomic E-state index is 12.1. The highest BCUT2D eigenvalue weighted by molar-refractivity contribution is 7.89. The summed E-state index contributed by atoms with van der Waals surface area (Å²) in [5.41, 5.74) is 1.13. The molecule has 0 radical (unpaired) electrons. The Morgan fingerprint density at radius 2 is 2.05 bits per heavy atom. The standard InChI is InChI=1S/C15H23FN2O3S/c16-7-4-8-22(20,21)17-10-14-9-15(19)12-18(14)11-13-5-2-1-3-6-13/h1-3,5-6,14-15,17,19H,4,7-12H2. The molecule has 1 fully saturated rings. The lowest BCUT2D eigenvalue weighted by molar-refractivity contribution is 0.172. The van der Waals surface area contributed by atoms with E-state index in [0.29, 0.717) is 19.5 Å². The van der Waals surface area contributed by atoms with Gasteiger partial charge in [0.2, 0.25) is 10.0 Å². The smallest absolute Gasteiger partial charge is 0.211 e. The van der Waals surface area contributed by atoms with Crippen molar-refractivity contribution in [1.82, 2.24) is 9.62 Å². The summed E-state index contributed by atoms with van der Waals surface area (Å²) in [6.07, 6.45) is 0.110. The van der Waals surface area contributed by atoms with E-state index in [4.69, 9.17) is 0 Å². The fourth-order valence-corrected chi connectivity index (χ4v) is 3.80. The number of halogens is 1. The molecule has 0 amide bonds. The maximum absolute atomic E-state index is 12.1. The molecular weight excluding hydrogens is 307 g/mol. The van der Waals surface area contributed by atoms with E-state index < -0.39 is 22.8 Å². The van der Waals surface area contributed by atoms with Crippen LogP contribution in [-0.2, 0) is 16.6 Å². The number of rotatable bonds is 8. The van der Waals surface area contributed by atoms with Crippen molar-refractivity contribution in [2.24, 2.45) is 0 Å². The Labute approximate surface area is 131 Å². The Morgan fingerprint density at radius 3 is 2.73 bits per heavy atom. The summed E-state index contributed by atoms with van der Waals surface area (Å²) in [6.45, 7) is 0.822. The number of hydrogen-bond donors (Lipinski definition) is 2. The Kier molecular flexibility index (Phi) is 6.31. The quantitative estimate of drug-likeness (QED) is 0.743. The van der Waals surface area contributed by atoms with Crippen molar-refractivity contribution >= 4 is 10.0 Å². The van der Waals surface area contributed by atoms with E-state index >= 15 is 0 Å². The van der Waals surface area contributed by atoms with Crippen molar-refractivity contribution in [3.8, 4) is 0 Å². The number of likely N-dealkylation sites (tertiary alicyclic amines) is 1. The van der Waals surface area contributed by atoms with Gasteiger partial charge in [-0.1, -0.05) is 30.3 Å². The molecule has 1 heterocycles. The molecule has 2 unspecified atom stereocenters. The summed E-state index contributed by atoms with van der Waals surface area (Å²) >= 11 is 0. The first-order valence-corrected chi connectivity index (χ1v) is 9.15. The number of aliphatic hydroxyl groups is 1. The highest BCUT2D eigenvalue weighted by atomic mass is 32.2. The van der Waals surface area contributed by atoms with Crippen LogP contribution in [0.15, 0.2) is 30.3 Å². The number of nitrogens with zero attached hydrogens (tertiary/aromatic N) is 1. The topological polar surface area (TPSA) is 69.6 Å². The Morgan fingerprint density at radius 1 is 1.32 bits per heavy atom. The van der Waals surface area contributed by atoms with E-state index in [1.54, 1.807) is 0 Å². The molecule has 2 atom stereocenters. The number of β-amino-alcohol motifs (C(OH)–C–C–N with tert-alkyl or cyclic N) is 1. The summed E-state index contributed by atoms with van der Waals surface area (Å²) in [4.78, 5) is 2.08. The second-order valence-electron chi connectivity index (χ2n) is 5.67. The molecule has 2 rings (SSSR count). The molecule has 0 aliphatic carbocycles. The summed E-state index contributed by atoms with van der Waals surface area (Å²) < 4.78 is 38.1. The number of nitrogens with one attached hydrogen (secondary N) is 1. The monoisotopic (exact) mass is 330 g/mol.